The zero-order valence-corrected chi connectivity index (χ0v) is 11.7. The SMILES string of the molecule is Cc1cc(NC(=O)Cc2ccc3c(c2)CCCC3)n[nH]1. The van der Waals surface area contributed by atoms with Crippen LogP contribution in [0.15, 0.2) is 24.3 Å². The Bertz CT molecular complexity index is 630. The number of benzene rings is 1. The quantitative estimate of drug-likeness (QED) is 0.900. The molecule has 1 aliphatic rings. The van der Waals surface area contributed by atoms with Gasteiger partial charge in [0, 0.05) is 11.8 Å². The molecule has 0 atom stereocenters. The molecule has 1 aromatic carbocycles. The first-order chi connectivity index (χ1) is 9.70. The number of amides is 1. The topological polar surface area (TPSA) is 57.8 Å². The molecule has 104 valence electrons. The molecule has 0 saturated carbocycles. The summed E-state index contributed by atoms with van der Waals surface area (Å²) in [5.41, 5.74) is 4.88. The summed E-state index contributed by atoms with van der Waals surface area (Å²) in [5.74, 6) is 0.567. The average molecular weight is 269 g/mol. The Kier molecular flexibility index (Phi) is 3.54. The van der Waals surface area contributed by atoms with Crippen LogP contribution >= 0.6 is 0 Å². The first-order valence-corrected chi connectivity index (χ1v) is 7.13. The molecule has 1 aromatic heterocycles. The Morgan fingerprint density at radius 3 is 2.80 bits per heavy atom. The summed E-state index contributed by atoms with van der Waals surface area (Å²) in [7, 11) is 0. The maximum absolute atomic E-state index is 12.0. The fourth-order valence-electron chi connectivity index (χ4n) is 2.75. The van der Waals surface area contributed by atoms with Crippen LogP contribution in [-0.2, 0) is 24.1 Å². The summed E-state index contributed by atoms with van der Waals surface area (Å²) in [4.78, 5) is 12.0. The van der Waals surface area contributed by atoms with E-state index in [-0.39, 0.29) is 5.91 Å². The molecular formula is C16H19N3O. The van der Waals surface area contributed by atoms with Crippen molar-refractivity contribution in [3.8, 4) is 0 Å². The number of rotatable bonds is 3. The van der Waals surface area contributed by atoms with E-state index in [9.17, 15) is 4.79 Å². The van der Waals surface area contributed by atoms with Crippen molar-refractivity contribution in [3.05, 3.63) is 46.6 Å². The van der Waals surface area contributed by atoms with E-state index in [1.54, 1.807) is 0 Å². The highest BCUT2D eigenvalue weighted by atomic mass is 16.1. The maximum atomic E-state index is 12.0. The summed E-state index contributed by atoms with van der Waals surface area (Å²) >= 11 is 0. The summed E-state index contributed by atoms with van der Waals surface area (Å²) < 4.78 is 0. The molecule has 0 fully saturated rings. The number of carbonyl (C=O) groups is 1. The van der Waals surface area contributed by atoms with Gasteiger partial charge in [-0.3, -0.25) is 9.89 Å². The van der Waals surface area contributed by atoms with E-state index in [2.05, 4.69) is 33.7 Å². The molecule has 0 bridgehead atoms. The van der Waals surface area contributed by atoms with Gasteiger partial charge in [-0.05, 0) is 49.3 Å². The number of aromatic nitrogens is 2. The number of nitrogens with zero attached hydrogens (tertiary/aromatic N) is 1. The molecular weight excluding hydrogens is 250 g/mol. The van der Waals surface area contributed by atoms with Crippen LogP contribution in [0.2, 0.25) is 0 Å². The second kappa shape index (κ2) is 5.49. The van der Waals surface area contributed by atoms with E-state index in [0.717, 1.165) is 17.7 Å². The molecule has 0 aliphatic heterocycles. The van der Waals surface area contributed by atoms with E-state index in [1.807, 2.05) is 13.0 Å². The number of fused-ring (bicyclic) bond motifs is 1. The van der Waals surface area contributed by atoms with Crippen LogP contribution in [0.25, 0.3) is 0 Å². The summed E-state index contributed by atoms with van der Waals surface area (Å²) in [6.45, 7) is 1.91. The van der Waals surface area contributed by atoms with Gasteiger partial charge in [-0.15, -0.1) is 0 Å². The third kappa shape index (κ3) is 2.90. The van der Waals surface area contributed by atoms with Crippen LogP contribution in [-0.4, -0.2) is 16.1 Å². The Hall–Kier alpha value is -2.10. The zero-order chi connectivity index (χ0) is 13.9. The highest BCUT2D eigenvalue weighted by molar-refractivity contribution is 5.91. The van der Waals surface area contributed by atoms with Crippen molar-refractivity contribution in [1.82, 2.24) is 10.2 Å². The van der Waals surface area contributed by atoms with Crippen molar-refractivity contribution >= 4 is 11.7 Å². The van der Waals surface area contributed by atoms with Crippen LogP contribution < -0.4 is 5.32 Å². The van der Waals surface area contributed by atoms with Crippen molar-refractivity contribution in [2.75, 3.05) is 5.32 Å². The normalized spacial score (nSPS) is 13.8. The van der Waals surface area contributed by atoms with Crippen molar-refractivity contribution in [2.45, 2.75) is 39.0 Å². The van der Waals surface area contributed by atoms with Crippen LogP contribution in [0.5, 0.6) is 0 Å². The minimum absolute atomic E-state index is 0.0211. The van der Waals surface area contributed by atoms with Gasteiger partial charge in [0.05, 0.1) is 6.42 Å². The molecule has 1 aliphatic carbocycles. The largest absolute Gasteiger partial charge is 0.309 e. The van der Waals surface area contributed by atoms with E-state index >= 15 is 0 Å². The first-order valence-electron chi connectivity index (χ1n) is 7.13. The van der Waals surface area contributed by atoms with E-state index in [1.165, 1.54) is 30.4 Å². The lowest BCUT2D eigenvalue weighted by Gasteiger charge is -2.16. The van der Waals surface area contributed by atoms with E-state index in [0.29, 0.717) is 12.2 Å². The van der Waals surface area contributed by atoms with Gasteiger partial charge in [0.1, 0.15) is 0 Å². The smallest absolute Gasteiger partial charge is 0.229 e. The van der Waals surface area contributed by atoms with Gasteiger partial charge in [-0.25, -0.2) is 0 Å². The van der Waals surface area contributed by atoms with Gasteiger partial charge < -0.3 is 5.32 Å². The molecule has 20 heavy (non-hydrogen) atoms. The fraction of sp³-hybridized carbons (Fsp3) is 0.375. The molecule has 2 N–H and O–H groups in total. The Morgan fingerprint density at radius 1 is 1.25 bits per heavy atom. The lowest BCUT2D eigenvalue weighted by molar-refractivity contribution is -0.115. The monoisotopic (exact) mass is 269 g/mol. The van der Waals surface area contributed by atoms with Crippen molar-refractivity contribution in [1.29, 1.82) is 0 Å². The third-order valence-corrected chi connectivity index (χ3v) is 3.75. The Labute approximate surface area is 118 Å². The molecule has 0 unspecified atom stereocenters. The zero-order valence-electron chi connectivity index (χ0n) is 11.7. The van der Waals surface area contributed by atoms with E-state index < -0.39 is 0 Å². The second-order valence-corrected chi connectivity index (χ2v) is 5.47. The van der Waals surface area contributed by atoms with Crippen molar-refractivity contribution in [2.24, 2.45) is 0 Å². The van der Waals surface area contributed by atoms with Crippen molar-refractivity contribution in [3.63, 3.8) is 0 Å². The minimum Gasteiger partial charge on any atom is -0.309 e. The van der Waals surface area contributed by atoms with Gasteiger partial charge in [-0.2, -0.15) is 5.10 Å². The number of aromatic amines is 1. The molecule has 3 rings (SSSR count). The number of anilines is 1. The number of H-pyrrole nitrogens is 1. The lowest BCUT2D eigenvalue weighted by Crippen LogP contribution is -2.15. The maximum Gasteiger partial charge on any atom is 0.229 e. The van der Waals surface area contributed by atoms with Gasteiger partial charge in [0.25, 0.3) is 0 Å². The van der Waals surface area contributed by atoms with Crippen molar-refractivity contribution < 1.29 is 4.79 Å². The molecule has 4 heteroatoms. The number of hydrogen-bond donors (Lipinski definition) is 2. The summed E-state index contributed by atoms with van der Waals surface area (Å²) in [6, 6.07) is 8.25. The Balaban J connectivity index is 1.66. The summed E-state index contributed by atoms with van der Waals surface area (Å²) in [6.07, 6.45) is 5.26. The molecule has 0 radical (unpaired) electrons. The van der Waals surface area contributed by atoms with Gasteiger partial charge in [-0.1, -0.05) is 18.2 Å². The highest BCUT2D eigenvalue weighted by Crippen LogP contribution is 2.22. The predicted molar refractivity (Wildman–Crippen MR) is 78.7 cm³/mol. The average Bonchev–Trinajstić information content (AvgIpc) is 2.83. The van der Waals surface area contributed by atoms with Crippen LogP contribution in [0, 0.1) is 6.92 Å². The minimum atomic E-state index is -0.0211. The lowest BCUT2D eigenvalue weighted by atomic mass is 9.90. The Morgan fingerprint density at radius 2 is 2.05 bits per heavy atom. The third-order valence-electron chi connectivity index (χ3n) is 3.75. The fourth-order valence-corrected chi connectivity index (χ4v) is 2.75. The molecule has 0 spiro atoms. The van der Waals surface area contributed by atoms with Crippen LogP contribution in [0.3, 0.4) is 0 Å². The molecule has 1 heterocycles. The van der Waals surface area contributed by atoms with Gasteiger partial charge in [0.15, 0.2) is 5.82 Å². The molecule has 0 saturated heterocycles. The second-order valence-electron chi connectivity index (χ2n) is 5.47. The molecule has 1 amide bonds. The molecule has 4 nitrogen and oxygen atoms in total. The predicted octanol–water partition coefficient (Wildman–Crippen LogP) is 2.78. The van der Waals surface area contributed by atoms with E-state index in [4.69, 9.17) is 0 Å². The highest BCUT2D eigenvalue weighted by Gasteiger charge is 2.11. The standard InChI is InChI=1S/C16H19N3O/c1-11-8-15(19-18-11)17-16(20)10-12-6-7-13-4-2-3-5-14(13)9-12/h6-9H,2-5,10H2,1H3,(H2,17,18,19,20). The number of hydrogen-bond acceptors (Lipinski definition) is 2. The number of nitrogens with one attached hydrogen (secondary N) is 2. The summed E-state index contributed by atoms with van der Waals surface area (Å²) in [5, 5.41) is 9.63. The first kappa shape index (κ1) is 12.9. The van der Waals surface area contributed by atoms with Gasteiger partial charge in [0.2, 0.25) is 5.91 Å². The number of aryl methyl sites for hydroxylation is 3. The molecule has 2 aromatic rings. The van der Waals surface area contributed by atoms with Crippen LogP contribution in [0.1, 0.15) is 35.2 Å². The van der Waals surface area contributed by atoms with Gasteiger partial charge >= 0.3 is 0 Å². The number of carbonyl (C=O) groups excluding carboxylic acids is 1. The van der Waals surface area contributed by atoms with Crippen LogP contribution in [0.4, 0.5) is 5.82 Å².